The van der Waals surface area contributed by atoms with E-state index in [1.807, 2.05) is 0 Å². The first-order valence-corrected chi connectivity index (χ1v) is 5.94. The Bertz CT molecular complexity index is 320. The van der Waals surface area contributed by atoms with Crippen LogP contribution < -0.4 is 4.90 Å². The van der Waals surface area contributed by atoms with Crippen LogP contribution in [0.4, 0.5) is 5.69 Å². The Balaban J connectivity index is 2.92. The van der Waals surface area contributed by atoms with E-state index < -0.39 is 0 Å². The van der Waals surface area contributed by atoms with Crippen molar-refractivity contribution in [3.63, 3.8) is 0 Å². The number of alkyl halides is 1. The highest BCUT2D eigenvalue weighted by molar-refractivity contribution is 6.17. The molecule has 0 aliphatic carbocycles. The summed E-state index contributed by atoms with van der Waals surface area (Å²) in [6, 6.07) is 6.47. The molecule has 0 bridgehead atoms. The molecule has 0 spiro atoms. The Kier molecular flexibility index (Phi) is 4.46. The molecule has 2 heteroatoms. The third-order valence-electron chi connectivity index (χ3n) is 2.43. The lowest BCUT2D eigenvalue weighted by molar-refractivity contribution is 0.637. The van der Waals surface area contributed by atoms with Gasteiger partial charge >= 0.3 is 0 Å². The molecule has 0 atom stereocenters. The summed E-state index contributed by atoms with van der Waals surface area (Å²) in [5.41, 5.74) is 3.75. The number of hydrogen-bond acceptors (Lipinski definition) is 1. The molecule has 0 radical (unpaired) electrons. The van der Waals surface area contributed by atoms with E-state index in [1.165, 1.54) is 16.8 Å². The Morgan fingerprint density at radius 3 is 2.53 bits per heavy atom. The fraction of sp³-hybridized carbons (Fsp3) is 0.538. The topological polar surface area (TPSA) is 3.24 Å². The quantitative estimate of drug-likeness (QED) is 0.705. The maximum absolute atomic E-state index is 5.96. The van der Waals surface area contributed by atoms with Crippen LogP contribution >= 0.6 is 11.6 Å². The molecule has 0 fully saturated rings. The number of anilines is 1. The van der Waals surface area contributed by atoms with Gasteiger partial charge in [-0.25, -0.2) is 0 Å². The van der Waals surface area contributed by atoms with E-state index in [-0.39, 0.29) is 0 Å². The minimum atomic E-state index is 0.583. The van der Waals surface area contributed by atoms with Crippen LogP contribution in [0.25, 0.3) is 0 Å². The van der Waals surface area contributed by atoms with Crippen molar-refractivity contribution in [2.75, 3.05) is 18.5 Å². The number of aryl methyl sites for hydroxylation is 1. The molecule has 0 amide bonds. The standard InChI is InChI=1S/C13H20ClN/c1-10(2)9-15(4)13-6-5-11(3)7-12(13)8-14/h5-7,10H,8-9H2,1-4H3. The van der Waals surface area contributed by atoms with Crippen molar-refractivity contribution in [1.82, 2.24) is 0 Å². The molecular formula is C13H20ClN. The average molecular weight is 226 g/mol. The lowest BCUT2D eigenvalue weighted by Gasteiger charge is -2.24. The number of nitrogens with zero attached hydrogens (tertiary/aromatic N) is 1. The molecule has 84 valence electrons. The maximum atomic E-state index is 5.96. The van der Waals surface area contributed by atoms with Gasteiger partial charge in [0.25, 0.3) is 0 Å². The molecule has 15 heavy (non-hydrogen) atoms. The first-order chi connectivity index (χ1) is 7.04. The van der Waals surface area contributed by atoms with Gasteiger partial charge in [-0.05, 0) is 24.5 Å². The predicted molar refractivity (Wildman–Crippen MR) is 68.8 cm³/mol. The highest BCUT2D eigenvalue weighted by Crippen LogP contribution is 2.23. The molecule has 0 heterocycles. The molecule has 0 aromatic heterocycles. The monoisotopic (exact) mass is 225 g/mol. The van der Waals surface area contributed by atoms with E-state index in [9.17, 15) is 0 Å². The Morgan fingerprint density at radius 1 is 1.33 bits per heavy atom. The van der Waals surface area contributed by atoms with Gasteiger partial charge < -0.3 is 4.90 Å². The zero-order valence-corrected chi connectivity index (χ0v) is 10.8. The second-order valence-corrected chi connectivity index (χ2v) is 4.81. The van der Waals surface area contributed by atoms with Crippen LogP contribution in [0.1, 0.15) is 25.0 Å². The zero-order valence-electron chi connectivity index (χ0n) is 10.0. The molecule has 0 saturated heterocycles. The van der Waals surface area contributed by atoms with Crippen molar-refractivity contribution in [2.45, 2.75) is 26.7 Å². The van der Waals surface area contributed by atoms with Gasteiger partial charge in [0, 0.05) is 25.2 Å². The van der Waals surface area contributed by atoms with Crippen molar-refractivity contribution in [3.8, 4) is 0 Å². The van der Waals surface area contributed by atoms with Gasteiger partial charge in [0.1, 0.15) is 0 Å². The summed E-state index contributed by atoms with van der Waals surface area (Å²) in [4.78, 5) is 2.28. The van der Waals surface area contributed by atoms with Crippen molar-refractivity contribution >= 4 is 17.3 Å². The van der Waals surface area contributed by atoms with E-state index in [1.54, 1.807) is 0 Å². The first kappa shape index (κ1) is 12.4. The van der Waals surface area contributed by atoms with Crippen LogP contribution in [0.3, 0.4) is 0 Å². The number of rotatable bonds is 4. The first-order valence-electron chi connectivity index (χ1n) is 5.41. The Labute approximate surface area is 98.0 Å². The van der Waals surface area contributed by atoms with Crippen molar-refractivity contribution < 1.29 is 0 Å². The molecule has 0 aliphatic rings. The fourth-order valence-electron chi connectivity index (χ4n) is 1.84. The van der Waals surface area contributed by atoms with Gasteiger partial charge in [-0.1, -0.05) is 31.5 Å². The molecular weight excluding hydrogens is 206 g/mol. The molecule has 1 aromatic rings. The van der Waals surface area contributed by atoms with Crippen LogP contribution in [-0.2, 0) is 5.88 Å². The van der Waals surface area contributed by atoms with Crippen LogP contribution in [0, 0.1) is 12.8 Å². The summed E-state index contributed by atoms with van der Waals surface area (Å²) in [5, 5.41) is 0. The van der Waals surface area contributed by atoms with Crippen molar-refractivity contribution in [2.24, 2.45) is 5.92 Å². The minimum absolute atomic E-state index is 0.583. The summed E-state index contributed by atoms with van der Waals surface area (Å²) in [7, 11) is 2.13. The lowest BCUT2D eigenvalue weighted by Crippen LogP contribution is -2.23. The summed E-state index contributed by atoms with van der Waals surface area (Å²) in [5.74, 6) is 1.25. The molecule has 0 N–H and O–H groups in total. The molecule has 1 aromatic carbocycles. The zero-order chi connectivity index (χ0) is 11.4. The lowest BCUT2D eigenvalue weighted by atomic mass is 10.1. The molecule has 0 aliphatic heterocycles. The van der Waals surface area contributed by atoms with Crippen LogP contribution in [0.2, 0.25) is 0 Å². The van der Waals surface area contributed by atoms with Gasteiger partial charge in [-0.2, -0.15) is 0 Å². The third-order valence-corrected chi connectivity index (χ3v) is 2.72. The Hall–Kier alpha value is -0.690. The van der Waals surface area contributed by atoms with Gasteiger partial charge in [-0.3, -0.25) is 0 Å². The van der Waals surface area contributed by atoms with E-state index in [0.29, 0.717) is 11.8 Å². The third kappa shape index (κ3) is 3.42. The summed E-state index contributed by atoms with van der Waals surface area (Å²) in [6.07, 6.45) is 0. The van der Waals surface area contributed by atoms with Crippen molar-refractivity contribution in [3.05, 3.63) is 29.3 Å². The fourth-order valence-corrected chi connectivity index (χ4v) is 2.05. The normalized spacial score (nSPS) is 10.8. The number of halogens is 1. The summed E-state index contributed by atoms with van der Waals surface area (Å²) < 4.78 is 0. The SMILES string of the molecule is Cc1ccc(N(C)CC(C)C)c(CCl)c1. The molecule has 1 rings (SSSR count). The van der Waals surface area contributed by atoms with Crippen molar-refractivity contribution in [1.29, 1.82) is 0 Å². The van der Waals surface area contributed by atoms with Gasteiger partial charge in [-0.15, -0.1) is 11.6 Å². The van der Waals surface area contributed by atoms with Gasteiger partial charge in [0.15, 0.2) is 0 Å². The second kappa shape index (κ2) is 5.41. The van der Waals surface area contributed by atoms with Gasteiger partial charge in [0.2, 0.25) is 0 Å². The second-order valence-electron chi connectivity index (χ2n) is 4.54. The number of hydrogen-bond donors (Lipinski definition) is 0. The highest BCUT2D eigenvalue weighted by atomic mass is 35.5. The summed E-state index contributed by atoms with van der Waals surface area (Å²) >= 11 is 5.96. The van der Waals surface area contributed by atoms with E-state index in [4.69, 9.17) is 11.6 Å². The Morgan fingerprint density at radius 2 is 2.00 bits per heavy atom. The van der Waals surface area contributed by atoms with E-state index in [2.05, 4.69) is 50.9 Å². The number of benzene rings is 1. The van der Waals surface area contributed by atoms with Crippen LogP contribution in [0.5, 0.6) is 0 Å². The minimum Gasteiger partial charge on any atom is -0.374 e. The maximum Gasteiger partial charge on any atom is 0.0494 e. The molecule has 0 saturated carbocycles. The van der Waals surface area contributed by atoms with Crippen LogP contribution in [0.15, 0.2) is 18.2 Å². The van der Waals surface area contributed by atoms with Crippen LogP contribution in [-0.4, -0.2) is 13.6 Å². The molecule has 1 nitrogen and oxygen atoms in total. The highest BCUT2D eigenvalue weighted by Gasteiger charge is 2.08. The average Bonchev–Trinajstić information content (AvgIpc) is 2.16. The van der Waals surface area contributed by atoms with Gasteiger partial charge in [0.05, 0.1) is 0 Å². The largest absolute Gasteiger partial charge is 0.374 e. The smallest absolute Gasteiger partial charge is 0.0494 e. The predicted octanol–water partition coefficient (Wildman–Crippen LogP) is 3.83. The van der Waals surface area contributed by atoms with E-state index in [0.717, 1.165) is 6.54 Å². The molecule has 0 unspecified atom stereocenters. The summed E-state index contributed by atoms with van der Waals surface area (Å²) in [6.45, 7) is 7.62. The van der Waals surface area contributed by atoms with E-state index >= 15 is 0 Å².